The lowest BCUT2D eigenvalue weighted by molar-refractivity contribution is -0.179. The molecule has 2 N–H and O–H groups in total. The first-order valence-electron chi connectivity index (χ1n) is 25.4. The summed E-state index contributed by atoms with van der Waals surface area (Å²) in [5.41, 5.74) is 1.82. The molecule has 4 amide bonds. The summed E-state index contributed by atoms with van der Waals surface area (Å²) in [6.07, 6.45) is 8.34. The van der Waals surface area contributed by atoms with Crippen molar-refractivity contribution in [2.75, 3.05) is 56.3 Å². The Balaban J connectivity index is 1.25. The Labute approximate surface area is 430 Å². The number of amides is 4. The highest BCUT2D eigenvalue weighted by atomic mass is 16.6. The third kappa shape index (κ3) is 9.04. The van der Waals surface area contributed by atoms with Gasteiger partial charge in [0.25, 0.3) is 0 Å². The summed E-state index contributed by atoms with van der Waals surface area (Å²) in [5.74, 6) is 2.90. The van der Waals surface area contributed by atoms with Gasteiger partial charge in [-0.25, -0.2) is 24.5 Å². The Bertz CT molecular complexity index is 3010. The minimum absolute atomic E-state index is 0.0346. The Morgan fingerprint density at radius 3 is 2.23 bits per heavy atom. The van der Waals surface area contributed by atoms with Crippen molar-refractivity contribution in [3.63, 3.8) is 0 Å². The number of nitrogens with one attached hydrogen (secondary N) is 1. The summed E-state index contributed by atoms with van der Waals surface area (Å²) in [4.78, 5) is 93.2. The van der Waals surface area contributed by atoms with Crippen molar-refractivity contribution >= 4 is 41.4 Å². The van der Waals surface area contributed by atoms with E-state index in [0.717, 1.165) is 41.7 Å². The molecule has 4 aromatic carbocycles. The van der Waals surface area contributed by atoms with Gasteiger partial charge in [0.05, 0.1) is 37.4 Å². The number of esters is 2. The number of fused-ring (bicyclic) bond motifs is 3. The molecule has 0 unspecified atom stereocenters. The van der Waals surface area contributed by atoms with Gasteiger partial charge in [-0.3, -0.25) is 19.3 Å². The first-order chi connectivity index (χ1) is 36.0. The molecule has 74 heavy (non-hydrogen) atoms. The molecule has 3 fully saturated rings. The number of imide groups is 1. The number of benzene rings is 4. The van der Waals surface area contributed by atoms with Gasteiger partial charge in [-0.1, -0.05) is 105 Å². The van der Waals surface area contributed by atoms with E-state index in [1.54, 1.807) is 73.6 Å². The van der Waals surface area contributed by atoms with Crippen LogP contribution in [0.2, 0.25) is 0 Å². The van der Waals surface area contributed by atoms with E-state index in [1.807, 2.05) is 76.5 Å². The van der Waals surface area contributed by atoms with Gasteiger partial charge >= 0.3 is 18.0 Å². The zero-order valence-corrected chi connectivity index (χ0v) is 41.6. The largest absolute Gasteiger partial charge is 0.491 e. The smallest absolute Gasteiger partial charge is 0.329 e. The van der Waals surface area contributed by atoms with Crippen molar-refractivity contribution in [3.8, 4) is 17.6 Å². The van der Waals surface area contributed by atoms with Crippen LogP contribution in [0.15, 0.2) is 133 Å². The maximum absolute atomic E-state index is 16.9. The standard InChI is InChI=1S/C58H59N7O9/c1-37(2)47(53(68)72-3)61-57(71)64-45-26-25-39(24-23-38-15-7-4-8-16-38)35-44(45)58(55(64)70)46(52(67)62-29-31-63(32-30-62)56-59-27-14-28-60-56)49-54(69)74-50(41-19-11-6-12-20-41)48(40-17-9-5-10-18-40)65(49)51(58)42-21-13-22-43(36-42)73-34-33-66/h5-6,9-15,17-22,25-28,35-37,46-51,66H,4,7-8,16,29-34H2,1-3H3,(H,61,71)/t46-,47-,48-,49-,50+,51+,58-/m0/s1. The number of piperazine rings is 1. The zero-order valence-electron chi connectivity index (χ0n) is 41.6. The molecule has 5 aliphatic rings. The number of nitrogens with zero attached hydrogens (tertiary/aromatic N) is 6. The van der Waals surface area contributed by atoms with Gasteiger partial charge in [-0.15, -0.1) is 0 Å². The Hall–Kier alpha value is -7.87. The number of morpholine rings is 1. The second kappa shape index (κ2) is 21.3. The predicted molar refractivity (Wildman–Crippen MR) is 274 cm³/mol. The lowest BCUT2D eigenvalue weighted by Crippen LogP contribution is -2.60. The van der Waals surface area contributed by atoms with Crippen LogP contribution in [0.25, 0.3) is 0 Å². The summed E-state index contributed by atoms with van der Waals surface area (Å²) in [7, 11) is 1.23. The molecular weight excluding hydrogens is 939 g/mol. The average molecular weight is 998 g/mol. The molecule has 16 heteroatoms. The van der Waals surface area contributed by atoms with E-state index in [4.69, 9.17) is 14.2 Å². The third-order valence-electron chi connectivity index (χ3n) is 14.9. The molecule has 1 aliphatic carbocycles. The Kier molecular flexibility index (Phi) is 14.3. The van der Waals surface area contributed by atoms with Gasteiger partial charge in [0.2, 0.25) is 17.8 Å². The van der Waals surface area contributed by atoms with Gasteiger partial charge in [0.1, 0.15) is 36.0 Å². The topological polar surface area (TPSA) is 184 Å². The number of aliphatic hydroxyl groups excluding tert-OH is 1. The summed E-state index contributed by atoms with van der Waals surface area (Å²) in [6, 6.07) is 27.5. The van der Waals surface area contributed by atoms with Crippen LogP contribution in [-0.4, -0.2) is 113 Å². The fourth-order valence-corrected chi connectivity index (χ4v) is 11.6. The van der Waals surface area contributed by atoms with Crippen LogP contribution < -0.4 is 19.9 Å². The van der Waals surface area contributed by atoms with Crippen LogP contribution in [0.3, 0.4) is 0 Å². The number of rotatable bonds is 11. The fourth-order valence-electron chi connectivity index (χ4n) is 11.6. The minimum atomic E-state index is -2.08. The quantitative estimate of drug-likeness (QED) is 0.106. The molecule has 0 saturated carbocycles. The molecule has 0 radical (unpaired) electrons. The summed E-state index contributed by atoms with van der Waals surface area (Å²) >= 11 is 0. The maximum Gasteiger partial charge on any atom is 0.329 e. The van der Waals surface area contributed by atoms with Crippen LogP contribution in [0.1, 0.15) is 85.5 Å². The molecule has 380 valence electrons. The zero-order chi connectivity index (χ0) is 51.5. The number of allylic oxidation sites excluding steroid dienone is 2. The summed E-state index contributed by atoms with van der Waals surface area (Å²) in [5, 5.41) is 12.7. The fraction of sp³-hybridized carbons (Fsp3) is 0.362. The lowest BCUT2D eigenvalue weighted by atomic mass is 9.64. The lowest BCUT2D eigenvalue weighted by Gasteiger charge is -2.46. The monoisotopic (exact) mass is 997 g/mol. The minimum Gasteiger partial charge on any atom is -0.491 e. The van der Waals surface area contributed by atoms with E-state index >= 15 is 19.2 Å². The Morgan fingerprint density at radius 2 is 1.55 bits per heavy atom. The highest BCUT2D eigenvalue weighted by Crippen LogP contribution is 2.66. The number of urea groups is 1. The number of aliphatic hydroxyl groups is 1. The first kappa shape index (κ1) is 49.7. The van der Waals surface area contributed by atoms with Crippen molar-refractivity contribution in [2.24, 2.45) is 11.8 Å². The van der Waals surface area contributed by atoms with Gasteiger partial charge < -0.3 is 34.4 Å². The molecular formula is C58H59N7O9. The maximum atomic E-state index is 16.9. The van der Waals surface area contributed by atoms with Crippen LogP contribution in [-0.2, 0) is 34.1 Å². The van der Waals surface area contributed by atoms with E-state index in [-0.39, 0.29) is 32.0 Å². The number of ether oxygens (including phenoxy) is 3. The second-order valence-corrected chi connectivity index (χ2v) is 19.6. The SMILES string of the molecule is COC(=O)[C@@H](NC(=O)N1C(=O)[C@@]2(c3cc(C#CC4=CCCCC4)ccc31)[C@H](C(=O)N1CCN(c3ncccn3)CC1)[C@H]1C(=O)O[C@H](c3ccccc3)[C@H](c3ccccc3)N1[C@@H]2c1cccc(OCCO)c1)C(C)C. The number of hydrogen-bond donors (Lipinski definition) is 2. The van der Waals surface area contributed by atoms with Crippen molar-refractivity contribution in [1.82, 2.24) is 25.1 Å². The molecule has 16 nitrogen and oxygen atoms in total. The molecule has 1 spiro atoms. The van der Waals surface area contributed by atoms with Crippen molar-refractivity contribution in [3.05, 3.63) is 161 Å². The highest BCUT2D eigenvalue weighted by molar-refractivity contribution is 6.25. The van der Waals surface area contributed by atoms with E-state index in [2.05, 4.69) is 33.2 Å². The molecule has 3 saturated heterocycles. The van der Waals surface area contributed by atoms with E-state index in [1.165, 1.54) is 7.11 Å². The highest BCUT2D eigenvalue weighted by Gasteiger charge is 2.76. The number of anilines is 2. The number of methoxy groups -OCH3 is 1. The number of hydrogen-bond acceptors (Lipinski definition) is 13. The molecule has 5 heterocycles. The first-order valence-corrected chi connectivity index (χ1v) is 25.4. The number of carbonyl (C=O) groups excluding carboxylic acids is 5. The Morgan fingerprint density at radius 1 is 0.838 bits per heavy atom. The van der Waals surface area contributed by atoms with E-state index in [9.17, 15) is 9.90 Å². The number of aromatic nitrogens is 2. The van der Waals surface area contributed by atoms with Gasteiger partial charge in [-0.2, -0.15) is 0 Å². The van der Waals surface area contributed by atoms with Crippen LogP contribution in [0.4, 0.5) is 16.4 Å². The molecule has 7 atom stereocenters. The van der Waals surface area contributed by atoms with Gasteiger partial charge in [-0.05, 0) is 95.8 Å². The second-order valence-electron chi connectivity index (χ2n) is 19.6. The average Bonchev–Trinajstić information content (AvgIpc) is 3.99. The molecule has 4 aliphatic heterocycles. The third-order valence-corrected chi connectivity index (χ3v) is 14.9. The van der Waals surface area contributed by atoms with Crippen LogP contribution in [0, 0.1) is 23.7 Å². The van der Waals surface area contributed by atoms with Crippen molar-refractivity contribution in [1.29, 1.82) is 0 Å². The predicted octanol–water partition coefficient (Wildman–Crippen LogP) is 6.62. The normalized spacial score (nSPS) is 23.8. The molecule has 5 aromatic rings. The van der Waals surface area contributed by atoms with Crippen molar-refractivity contribution < 1.29 is 43.3 Å². The molecule has 0 bridgehead atoms. The van der Waals surface area contributed by atoms with Crippen LogP contribution >= 0.6 is 0 Å². The number of cyclic esters (lactones) is 1. The van der Waals surface area contributed by atoms with E-state index in [0.29, 0.717) is 47.0 Å². The summed E-state index contributed by atoms with van der Waals surface area (Å²) in [6.45, 7) is 4.28. The molecule has 1 aromatic heterocycles. The van der Waals surface area contributed by atoms with Gasteiger partial charge in [0.15, 0.2) is 0 Å². The van der Waals surface area contributed by atoms with Crippen molar-refractivity contribution in [2.45, 2.75) is 75.2 Å². The van der Waals surface area contributed by atoms with Gasteiger partial charge in [0, 0.05) is 44.1 Å². The number of carbonyl (C=O) groups is 5. The van der Waals surface area contributed by atoms with E-state index < -0.39 is 77.3 Å². The molecule has 10 rings (SSSR count). The summed E-state index contributed by atoms with van der Waals surface area (Å²) < 4.78 is 17.9. The van der Waals surface area contributed by atoms with Crippen LogP contribution in [0.5, 0.6) is 5.75 Å².